The molecule has 1 saturated carbocycles. The molecule has 2 aromatic rings. The van der Waals surface area contributed by atoms with Crippen molar-refractivity contribution in [1.82, 2.24) is 15.5 Å². The Morgan fingerprint density at radius 1 is 1.31 bits per heavy atom. The average molecular weight is 397 g/mol. The predicted octanol–water partition coefficient (Wildman–Crippen LogP) is 3.94. The zero-order valence-electron chi connectivity index (χ0n) is 16.9. The first-order valence-electron chi connectivity index (χ1n) is 9.79. The van der Waals surface area contributed by atoms with Crippen LogP contribution in [0.25, 0.3) is 6.08 Å². The lowest BCUT2D eigenvalue weighted by Crippen LogP contribution is -2.47. The number of nitrogens with zero attached hydrogens (tertiary/aromatic N) is 2. The van der Waals surface area contributed by atoms with Gasteiger partial charge in [0.05, 0.1) is 7.11 Å². The van der Waals surface area contributed by atoms with E-state index in [9.17, 15) is 4.79 Å². The second-order valence-corrected chi connectivity index (χ2v) is 7.11. The lowest BCUT2D eigenvalue weighted by atomic mass is 9.81. The van der Waals surface area contributed by atoms with E-state index in [1.807, 2.05) is 18.2 Å². The Kier molecular flexibility index (Phi) is 6.69. The van der Waals surface area contributed by atoms with E-state index in [2.05, 4.69) is 22.0 Å². The molecule has 0 saturated heterocycles. The van der Waals surface area contributed by atoms with Gasteiger partial charge in [-0.3, -0.25) is 4.79 Å². The van der Waals surface area contributed by atoms with Gasteiger partial charge < -0.3 is 19.3 Å². The number of benzene rings is 1. The fourth-order valence-corrected chi connectivity index (χ4v) is 3.56. The van der Waals surface area contributed by atoms with Gasteiger partial charge in [0.25, 0.3) is 0 Å². The van der Waals surface area contributed by atoms with E-state index in [0.717, 1.165) is 37.7 Å². The fourth-order valence-electron chi connectivity index (χ4n) is 3.56. The topological polar surface area (TPSA) is 86.5 Å². The fraction of sp³-hybridized carbons (Fsp3) is 0.409. The molecule has 0 unspecified atom stereocenters. The number of aryl methyl sites for hydroxylation is 1. The predicted molar refractivity (Wildman–Crippen MR) is 110 cm³/mol. The molecule has 7 heteroatoms. The molecule has 7 nitrogen and oxygen atoms in total. The third-order valence-electron chi connectivity index (χ3n) is 5.00. The highest BCUT2D eigenvalue weighted by molar-refractivity contribution is 5.92. The smallest absolute Gasteiger partial charge is 0.244 e. The standard InChI is InChI=1S/C22H27N3O4/c1-4-14-28-18-10-8-17(15-19(18)27-3)9-11-20(26)24-22(12-6-5-7-13-22)21-23-16(2)29-25-21/h4,8-11,15H,1,5-7,12-14H2,2-3H3,(H,24,26)/b11-9+. The molecule has 1 fully saturated rings. The van der Waals surface area contributed by atoms with Crippen LogP contribution in [0.3, 0.4) is 0 Å². The molecule has 1 aliphatic rings. The van der Waals surface area contributed by atoms with Crippen molar-refractivity contribution < 1.29 is 18.8 Å². The van der Waals surface area contributed by atoms with Crippen LogP contribution in [0.15, 0.2) is 41.5 Å². The molecule has 1 aliphatic carbocycles. The lowest BCUT2D eigenvalue weighted by molar-refractivity contribution is -0.119. The molecule has 154 valence electrons. The highest BCUT2D eigenvalue weighted by Crippen LogP contribution is 2.35. The van der Waals surface area contributed by atoms with Crippen LogP contribution in [0.5, 0.6) is 11.5 Å². The molecule has 0 atom stereocenters. The van der Waals surface area contributed by atoms with Crippen molar-refractivity contribution in [2.75, 3.05) is 13.7 Å². The number of amides is 1. The molecular weight excluding hydrogens is 370 g/mol. The number of nitrogens with one attached hydrogen (secondary N) is 1. The molecule has 1 amide bonds. The molecule has 29 heavy (non-hydrogen) atoms. The molecule has 0 radical (unpaired) electrons. The van der Waals surface area contributed by atoms with Crippen molar-refractivity contribution in [1.29, 1.82) is 0 Å². The second kappa shape index (κ2) is 9.41. The van der Waals surface area contributed by atoms with Crippen molar-refractivity contribution in [3.63, 3.8) is 0 Å². The van der Waals surface area contributed by atoms with Gasteiger partial charge in [0.15, 0.2) is 17.3 Å². The van der Waals surface area contributed by atoms with Gasteiger partial charge in [0.1, 0.15) is 12.1 Å². The maximum Gasteiger partial charge on any atom is 0.244 e. The van der Waals surface area contributed by atoms with Crippen LogP contribution in [-0.4, -0.2) is 29.8 Å². The van der Waals surface area contributed by atoms with Gasteiger partial charge in [-0.25, -0.2) is 0 Å². The van der Waals surface area contributed by atoms with E-state index < -0.39 is 5.54 Å². The largest absolute Gasteiger partial charge is 0.493 e. The molecule has 0 spiro atoms. The van der Waals surface area contributed by atoms with Crippen LogP contribution in [0.4, 0.5) is 0 Å². The van der Waals surface area contributed by atoms with Gasteiger partial charge in [-0.1, -0.05) is 43.1 Å². The SMILES string of the molecule is C=CCOc1ccc(/C=C/C(=O)NC2(c3noc(C)n3)CCCCC2)cc1OC. The highest BCUT2D eigenvalue weighted by Gasteiger charge is 2.39. The zero-order valence-corrected chi connectivity index (χ0v) is 16.9. The van der Waals surface area contributed by atoms with Crippen molar-refractivity contribution in [2.45, 2.75) is 44.6 Å². The number of aromatic nitrogens is 2. The molecule has 3 rings (SSSR count). The molecule has 1 heterocycles. The minimum atomic E-state index is -0.572. The normalized spacial score (nSPS) is 15.8. The summed E-state index contributed by atoms with van der Waals surface area (Å²) < 4.78 is 16.1. The van der Waals surface area contributed by atoms with Gasteiger partial charge in [-0.2, -0.15) is 4.98 Å². The maximum absolute atomic E-state index is 12.7. The lowest BCUT2D eigenvalue weighted by Gasteiger charge is -2.34. The minimum absolute atomic E-state index is 0.194. The molecular formula is C22H27N3O4. The van der Waals surface area contributed by atoms with Crippen LogP contribution in [0.2, 0.25) is 0 Å². The molecule has 1 aromatic carbocycles. The van der Waals surface area contributed by atoms with Crippen molar-refractivity contribution in [3.8, 4) is 11.5 Å². The number of hydrogen-bond donors (Lipinski definition) is 1. The van der Waals surface area contributed by atoms with Crippen LogP contribution < -0.4 is 14.8 Å². The summed E-state index contributed by atoms with van der Waals surface area (Å²) in [6, 6.07) is 5.50. The number of ether oxygens (including phenoxy) is 2. The third-order valence-corrected chi connectivity index (χ3v) is 5.00. The van der Waals surface area contributed by atoms with E-state index >= 15 is 0 Å². The Morgan fingerprint density at radius 3 is 2.76 bits per heavy atom. The van der Waals surface area contributed by atoms with E-state index in [1.165, 1.54) is 6.08 Å². The van der Waals surface area contributed by atoms with Crippen LogP contribution in [0.1, 0.15) is 49.4 Å². The van der Waals surface area contributed by atoms with Gasteiger partial charge in [0.2, 0.25) is 11.8 Å². The van der Waals surface area contributed by atoms with Crippen molar-refractivity contribution in [3.05, 3.63) is 54.2 Å². The Hall–Kier alpha value is -3.09. The first-order chi connectivity index (χ1) is 14.1. The van der Waals surface area contributed by atoms with Crippen LogP contribution in [-0.2, 0) is 10.3 Å². The summed E-state index contributed by atoms with van der Waals surface area (Å²) in [6.07, 6.45) is 9.70. The summed E-state index contributed by atoms with van der Waals surface area (Å²) in [4.78, 5) is 17.1. The first-order valence-corrected chi connectivity index (χ1v) is 9.79. The highest BCUT2D eigenvalue weighted by atomic mass is 16.5. The Balaban J connectivity index is 1.73. The summed E-state index contributed by atoms with van der Waals surface area (Å²) in [5, 5.41) is 7.20. The van der Waals surface area contributed by atoms with Gasteiger partial charge in [-0.05, 0) is 36.6 Å². The van der Waals surface area contributed by atoms with Crippen LogP contribution in [0, 0.1) is 6.92 Å². The third kappa shape index (κ3) is 5.04. The minimum Gasteiger partial charge on any atom is -0.493 e. The molecule has 1 aromatic heterocycles. The number of methoxy groups -OCH3 is 1. The second-order valence-electron chi connectivity index (χ2n) is 7.11. The summed E-state index contributed by atoms with van der Waals surface area (Å²) in [5.74, 6) is 2.09. The van der Waals surface area contributed by atoms with Gasteiger partial charge >= 0.3 is 0 Å². The zero-order chi connectivity index (χ0) is 20.7. The average Bonchev–Trinajstić information content (AvgIpc) is 3.18. The van der Waals surface area contributed by atoms with Crippen molar-refractivity contribution >= 4 is 12.0 Å². The monoisotopic (exact) mass is 397 g/mol. The Labute approximate surface area is 170 Å². The summed E-state index contributed by atoms with van der Waals surface area (Å²) in [5.41, 5.74) is 0.258. The van der Waals surface area contributed by atoms with E-state index in [1.54, 1.807) is 26.2 Å². The number of carbonyl (C=O) groups is 1. The van der Waals surface area contributed by atoms with Crippen LogP contribution >= 0.6 is 0 Å². The summed E-state index contributed by atoms with van der Waals surface area (Å²) >= 11 is 0. The van der Waals surface area contributed by atoms with E-state index in [0.29, 0.717) is 29.8 Å². The van der Waals surface area contributed by atoms with E-state index in [4.69, 9.17) is 14.0 Å². The van der Waals surface area contributed by atoms with E-state index in [-0.39, 0.29) is 5.91 Å². The Bertz CT molecular complexity index is 882. The summed E-state index contributed by atoms with van der Waals surface area (Å²) in [7, 11) is 1.58. The summed E-state index contributed by atoms with van der Waals surface area (Å²) in [6.45, 7) is 5.79. The van der Waals surface area contributed by atoms with Gasteiger partial charge in [0, 0.05) is 13.0 Å². The first kappa shape index (κ1) is 20.6. The number of rotatable bonds is 8. The van der Waals surface area contributed by atoms with Gasteiger partial charge in [-0.15, -0.1) is 0 Å². The Morgan fingerprint density at radius 2 is 2.10 bits per heavy atom. The quantitative estimate of drug-likeness (QED) is 0.536. The molecule has 1 N–H and O–H groups in total. The number of carbonyl (C=O) groups excluding carboxylic acids is 1. The maximum atomic E-state index is 12.7. The molecule has 0 bridgehead atoms. The number of hydrogen-bond acceptors (Lipinski definition) is 6. The molecule has 0 aliphatic heterocycles. The van der Waals surface area contributed by atoms with Crippen molar-refractivity contribution in [2.24, 2.45) is 0 Å².